The number of carbonyl (C=O) groups is 2. The van der Waals surface area contributed by atoms with Crippen LogP contribution in [0.2, 0.25) is 20.1 Å². The number of sulfonamides is 1. The van der Waals surface area contributed by atoms with E-state index in [4.69, 9.17) is 46.4 Å². The summed E-state index contributed by atoms with van der Waals surface area (Å²) in [5.74, 6) is -1.04. The zero-order valence-corrected chi connectivity index (χ0v) is 25.3. The minimum Gasteiger partial charge on any atom is -0.357 e. The summed E-state index contributed by atoms with van der Waals surface area (Å²) in [7, 11) is -2.81. The number of halogens is 4. The summed E-state index contributed by atoms with van der Waals surface area (Å²) >= 11 is 24.9. The molecule has 0 fully saturated rings. The van der Waals surface area contributed by atoms with Crippen LogP contribution >= 0.6 is 46.4 Å². The minimum absolute atomic E-state index is 0.0245. The maximum atomic E-state index is 13.9. The molecular weight excluding hydrogens is 604 g/mol. The first-order chi connectivity index (χ1) is 18.4. The number of nitrogens with zero attached hydrogens (tertiary/aromatic N) is 2. The molecule has 0 aliphatic heterocycles. The van der Waals surface area contributed by atoms with Crippen molar-refractivity contribution in [2.45, 2.75) is 37.8 Å². The lowest BCUT2D eigenvalue weighted by Gasteiger charge is -2.33. The smallest absolute Gasteiger partial charge is 0.264 e. The molecule has 0 unspecified atom stereocenters. The van der Waals surface area contributed by atoms with E-state index in [0.29, 0.717) is 10.6 Å². The first kappa shape index (κ1) is 31.0. The molecule has 0 aromatic heterocycles. The Morgan fingerprint density at radius 2 is 1.59 bits per heavy atom. The van der Waals surface area contributed by atoms with Crippen LogP contribution in [0.15, 0.2) is 65.6 Å². The number of nitrogens with one attached hydrogen (secondary N) is 1. The van der Waals surface area contributed by atoms with Gasteiger partial charge in [0.05, 0.1) is 30.7 Å². The Bertz CT molecular complexity index is 1470. The molecule has 0 bridgehead atoms. The molecule has 208 valence electrons. The van der Waals surface area contributed by atoms with E-state index < -0.39 is 34.4 Å². The Kier molecular flexibility index (Phi) is 10.5. The molecule has 1 N–H and O–H groups in total. The van der Waals surface area contributed by atoms with Crippen LogP contribution in [-0.2, 0) is 26.2 Å². The Balaban J connectivity index is 2.11. The van der Waals surface area contributed by atoms with Crippen molar-refractivity contribution in [2.75, 3.05) is 17.9 Å². The molecule has 0 heterocycles. The lowest BCUT2D eigenvalue weighted by Crippen LogP contribution is -2.51. The molecule has 0 aliphatic rings. The van der Waals surface area contributed by atoms with Crippen molar-refractivity contribution >= 4 is 73.9 Å². The number of rotatable bonds is 10. The molecular formula is C27H27Cl4N3O4S. The Hall–Kier alpha value is -2.49. The van der Waals surface area contributed by atoms with Gasteiger partial charge in [-0.3, -0.25) is 13.9 Å². The predicted molar refractivity (Wildman–Crippen MR) is 157 cm³/mol. The second-order valence-electron chi connectivity index (χ2n) is 8.71. The highest BCUT2D eigenvalue weighted by atomic mass is 35.5. The SMILES string of the molecule is CC[C@@H](C(=O)NC)N(Cc1ccc(Cl)c(Cl)c1)C(=O)CN(c1cccc(Cl)c1Cl)S(=O)(=O)c1ccc(C)cc1. The van der Waals surface area contributed by atoms with Crippen LogP contribution in [0.1, 0.15) is 24.5 Å². The highest BCUT2D eigenvalue weighted by Gasteiger charge is 2.34. The lowest BCUT2D eigenvalue weighted by molar-refractivity contribution is -0.140. The molecule has 0 saturated heterocycles. The average molecular weight is 631 g/mol. The van der Waals surface area contributed by atoms with Gasteiger partial charge in [-0.25, -0.2) is 8.42 Å². The van der Waals surface area contributed by atoms with Crippen LogP contribution in [0, 0.1) is 6.92 Å². The van der Waals surface area contributed by atoms with Crippen LogP contribution in [-0.4, -0.2) is 44.8 Å². The molecule has 3 rings (SSSR count). The molecule has 7 nitrogen and oxygen atoms in total. The van der Waals surface area contributed by atoms with Gasteiger partial charge >= 0.3 is 0 Å². The van der Waals surface area contributed by atoms with Gasteiger partial charge in [0.2, 0.25) is 11.8 Å². The van der Waals surface area contributed by atoms with Crippen molar-refractivity contribution in [3.05, 3.63) is 91.9 Å². The Morgan fingerprint density at radius 1 is 0.923 bits per heavy atom. The lowest BCUT2D eigenvalue weighted by atomic mass is 10.1. The van der Waals surface area contributed by atoms with Gasteiger partial charge in [0.25, 0.3) is 10.0 Å². The van der Waals surface area contributed by atoms with Gasteiger partial charge in [0.1, 0.15) is 12.6 Å². The third-order valence-corrected chi connectivity index (χ3v) is 9.38. The number of anilines is 1. The third-order valence-electron chi connectivity index (χ3n) is 6.06. The molecule has 3 aromatic rings. The molecule has 0 saturated carbocycles. The largest absolute Gasteiger partial charge is 0.357 e. The summed E-state index contributed by atoms with van der Waals surface area (Å²) in [6.07, 6.45) is 0.273. The van der Waals surface area contributed by atoms with Gasteiger partial charge in [-0.1, -0.05) is 83.2 Å². The normalized spacial score (nSPS) is 12.1. The molecule has 2 amide bonds. The van der Waals surface area contributed by atoms with Gasteiger partial charge in [0.15, 0.2) is 0 Å². The summed E-state index contributed by atoms with van der Waals surface area (Å²) in [5.41, 5.74) is 1.50. The van der Waals surface area contributed by atoms with Gasteiger partial charge < -0.3 is 10.2 Å². The van der Waals surface area contributed by atoms with Gasteiger partial charge in [0, 0.05) is 13.6 Å². The molecule has 0 aliphatic carbocycles. The second kappa shape index (κ2) is 13.2. The second-order valence-corrected chi connectivity index (χ2v) is 12.2. The van der Waals surface area contributed by atoms with E-state index >= 15 is 0 Å². The van der Waals surface area contributed by atoms with Crippen molar-refractivity contribution in [1.82, 2.24) is 10.2 Å². The van der Waals surface area contributed by atoms with Crippen molar-refractivity contribution in [2.24, 2.45) is 0 Å². The maximum absolute atomic E-state index is 13.9. The zero-order valence-electron chi connectivity index (χ0n) is 21.4. The monoisotopic (exact) mass is 629 g/mol. The summed E-state index contributed by atoms with van der Waals surface area (Å²) in [5, 5.41) is 3.28. The maximum Gasteiger partial charge on any atom is 0.264 e. The van der Waals surface area contributed by atoms with E-state index in [2.05, 4.69) is 5.32 Å². The number of hydrogen-bond acceptors (Lipinski definition) is 4. The number of likely N-dealkylation sites (N-methyl/N-ethyl adjacent to an activating group) is 1. The Morgan fingerprint density at radius 3 is 2.18 bits per heavy atom. The number of amides is 2. The standard InChI is InChI=1S/C27H27Cl4N3O4S/c1-4-23(27(36)32-3)33(15-18-10-13-20(28)22(30)14-18)25(35)16-34(24-7-5-6-21(29)26(24)31)39(37,38)19-11-8-17(2)9-12-19/h5-14,23H,4,15-16H2,1-3H3,(H,32,36)/t23-/m0/s1. The number of hydrogen-bond donors (Lipinski definition) is 1. The fraction of sp³-hybridized carbons (Fsp3) is 0.259. The fourth-order valence-corrected chi connectivity index (χ4v) is 6.15. The number of carbonyl (C=O) groups excluding carboxylic acids is 2. The quantitative estimate of drug-likeness (QED) is 0.283. The number of aryl methyl sites for hydroxylation is 1. The van der Waals surface area contributed by atoms with Crippen molar-refractivity contribution in [1.29, 1.82) is 0 Å². The van der Waals surface area contributed by atoms with E-state index in [1.807, 2.05) is 6.92 Å². The van der Waals surface area contributed by atoms with Crippen LogP contribution in [0.25, 0.3) is 0 Å². The summed E-state index contributed by atoms with van der Waals surface area (Å²) in [4.78, 5) is 28.0. The predicted octanol–water partition coefficient (Wildman–Crippen LogP) is 6.36. The average Bonchev–Trinajstić information content (AvgIpc) is 2.90. The third kappa shape index (κ3) is 7.18. The topological polar surface area (TPSA) is 86.8 Å². The summed E-state index contributed by atoms with van der Waals surface area (Å²) in [6, 6.07) is 14.7. The number of benzene rings is 3. The van der Waals surface area contributed by atoms with Crippen molar-refractivity contribution in [3.8, 4) is 0 Å². The Labute approximate surface area is 248 Å². The minimum atomic E-state index is -4.28. The molecule has 0 spiro atoms. The van der Waals surface area contributed by atoms with Crippen molar-refractivity contribution in [3.63, 3.8) is 0 Å². The molecule has 12 heteroatoms. The van der Waals surface area contributed by atoms with E-state index in [1.54, 1.807) is 43.3 Å². The molecule has 0 radical (unpaired) electrons. The molecule has 1 atom stereocenters. The summed E-state index contributed by atoms with van der Waals surface area (Å²) < 4.78 is 28.7. The van der Waals surface area contributed by atoms with E-state index in [9.17, 15) is 18.0 Å². The van der Waals surface area contributed by atoms with Gasteiger partial charge in [-0.05, 0) is 55.3 Å². The first-order valence-electron chi connectivity index (χ1n) is 11.9. The highest BCUT2D eigenvalue weighted by molar-refractivity contribution is 7.92. The first-order valence-corrected chi connectivity index (χ1v) is 14.8. The van der Waals surface area contributed by atoms with Gasteiger partial charge in [-0.2, -0.15) is 0 Å². The molecule has 3 aromatic carbocycles. The van der Waals surface area contributed by atoms with E-state index in [1.165, 1.54) is 36.2 Å². The van der Waals surface area contributed by atoms with Crippen LogP contribution in [0.4, 0.5) is 5.69 Å². The zero-order chi connectivity index (χ0) is 28.9. The van der Waals surface area contributed by atoms with Crippen LogP contribution < -0.4 is 9.62 Å². The van der Waals surface area contributed by atoms with Crippen LogP contribution in [0.5, 0.6) is 0 Å². The summed E-state index contributed by atoms with van der Waals surface area (Å²) in [6.45, 7) is 2.91. The van der Waals surface area contributed by atoms with Gasteiger partial charge in [-0.15, -0.1) is 0 Å². The van der Waals surface area contributed by atoms with Crippen molar-refractivity contribution < 1.29 is 18.0 Å². The van der Waals surface area contributed by atoms with E-state index in [0.717, 1.165) is 9.87 Å². The van der Waals surface area contributed by atoms with Crippen LogP contribution in [0.3, 0.4) is 0 Å². The van der Waals surface area contributed by atoms with E-state index in [-0.39, 0.29) is 38.6 Å². The highest BCUT2D eigenvalue weighted by Crippen LogP contribution is 2.36. The molecule has 39 heavy (non-hydrogen) atoms. The fourth-order valence-electron chi connectivity index (χ4n) is 3.96.